The fraction of sp³-hybridized carbons (Fsp3) is 0.529. The molecule has 0 saturated carbocycles. The molecule has 2 rings (SSSR count). The molecule has 1 aromatic carbocycles. The number of hydrogen-bond donors (Lipinski definition) is 1. The van der Waals surface area contributed by atoms with Crippen LogP contribution in [0, 0.1) is 0 Å². The van der Waals surface area contributed by atoms with Crippen LogP contribution >= 0.6 is 0 Å². The molecule has 1 aliphatic rings. The Morgan fingerprint density at radius 2 is 1.96 bits per heavy atom. The third-order valence-electron chi connectivity index (χ3n) is 3.33. The number of carbonyl (C=O) groups is 2. The molecule has 1 amide bonds. The number of carbonyl (C=O) groups excluding carboxylic acids is 2. The van der Waals surface area contributed by atoms with Gasteiger partial charge in [-0.3, -0.25) is 4.79 Å². The number of nitrogens with one attached hydrogen (secondary N) is 1. The Bertz CT molecular complexity index is 539. The number of esters is 1. The van der Waals surface area contributed by atoms with E-state index >= 15 is 0 Å². The second-order valence-electron chi connectivity index (χ2n) is 6.53. The third-order valence-corrected chi connectivity index (χ3v) is 3.33. The number of hydrogen-bond acceptors (Lipinski definition) is 5. The van der Waals surface area contributed by atoms with Crippen LogP contribution in [0.25, 0.3) is 0 Å². The predicted octanol–water partition coefficient (Wildman–Crippen LogP) is 1.94. The lowest BCUT2D eigenvalue weighted by atomic mass is 10.1. The highest BCUT2D eigenvalue weighted by Gasteiger charge is 2.31. The van der Waals surface area contributed by atoms with E-state index in [1.165, 1.54) is 4.90 Å². The van der Waals surface area contributed by atoms with Crippen molar-refractivity contribution in [1.82, 2.24) is 10.2 Å². The Morgan fingerprint density at radius 1 is 1.26 bits per heavy atom. The molecule has 1 aromatic rings. The molecule has 0 unspecified atom stereocenters. The van der Waals surface area contributed by atoms with E-state index < -0.39 is 17.7 Å². The van der Waals surface area contributed by atoms with Gasteiger partial charge in [0.2, 0.25) is 0 Å². The first-order chi connectivity index (χ1) is 10.8. The fourth-order valence-corrected chi connectivity index (χ4v) is 2.26. The second kappa shape index (κ2) is 7.46. The van der Waals surface area contributed by atoms with Gasteiger partial charge in [0.1, 0.15) is 18.2 Å². The van der Waals surface area contributed by atoms with E-state index in [0.29, 0.717) is 13.1 Å². The van der Waals surface area contributed by atoms with Crippen LogP contribution in [0.3, 0.4) is 0 Å². The molecule has 126 valence electrons. The van der Waals surface area contributed by atoms with Crippen molar-refractivity contribution in [2.45, 2.75) is 39.0 Å². The van der Waals surface area contributed by atoms with E-state index in [2.05, 4.69) is 5.32 Å². The average Bonchev–Trinajstić information content (AvgIpc) is 2.52. The summed E-state index contributed by atoms with van der Waals surface area (Å²) >= 11 is 0. The van der Waals surface area contributed by atoms with Gasteiger partial charge in [-0.25, -0.2) is 4.79 Å². The Balaban J connectivity index is 1.85. The molecule has 0 aliphatic carbocycles. The number of benzene rings is 1. The van der Waals surface area contributed by atoms with Crippen molar-refractivity contribution in [3.05, 3.63) is 35.9 Å². The second-order valence-corrected chi connectivity index (χ2v) is 6.53. The molecule has 0 radical (unpaired) electrons. The molecule has 1 atom stereocenters. The standard InChI is InChI=1S/C17H24N2O4/c1-17(2,3)23-15(20)14-11-19(10-9-18-14)16(21)22-12-13-7-5-4-6-8-13/h4-8,14,18H,9-12H2,1-3H3/t14-/m1/s1. The van der Waals surface area contributed by atoms with E-state index in [1.54, 1.807) is 0 Å². The zero-order valence-electron chi connectivity index (χ0n) is 13.9. The van der Waals surface area contributed by atoms with Crippen LogP contribution in [0.5, 0.6) is 0 Å². The number of amides is 1. The highest BCUT2D eigenvalue weighted by Crippen LogP contribution is 2.11. The zero-order valence-corrected chi connectivity index (χ0v) is 13.9. The van der Waals surface area contributed by atoms with Gasteiger partial charge < -0.3 is 19.7 Å². The third kappa shape index (κ3) is 5.56. The van der Waals surface area contributed by atoms with Crippen molar-refractivity contribution in [2.24, 2.45) is 0 Å². The summed E-state index contributed by atoms with van der Waals surface area (Å²) in [6.45, 7) is 6.97. The van der Waals surface area contributed by atoms with Gasteiger partial charge in [0.15, 0.2) is 0 Å². The first-order valence-electron chi connectivity index (χ1n) is 7.77. The van der Waals surface area contributed by atoms with Gasteiger partial charge in [0, 0.05) is 13.1 Å². The SMILES string of the molecule is CC(C)(C)OC(=O)[C@H]1CN(C(=O)OCc2ccccc2)CCN1. The highest BCUT2D eigenvalue weighted by atomic mass is 16.6. The Hall–Kier alpha value is -2.08. The largest absolute Gasteiger partial charge is 0.459 e. The molecule has 6 heteroatoms. The summed E-state index contributed by atoms with van der Waals surface area (Å²) in [6.07, 6.45) is -0.413. The highest BCUT2D eigenvalue weighted by molar-refractivity contribution is 5.78. The Morgan fingerprint density at radius 3 is 2.61 bits per heavy atom. The summed E-state index contributed by atoms with van der Waals surface area (Å²) < 4.78 is 10.7. The number of nitrogens with zero attached hydrogens (tertiary/aromatic N) is 1. The van der Waals surface area contributed by atoms with Crippen molar-refractivity contribution in [3.8, 4) is 0 Å². The smallest absolute Gasteiger partial charge is 0.410 e. The number of piperazine rings is 1. The predicted molar refractivity (Wildman–Crippen MR) is 85.8 cm³/mol. The number of rotatable bonds is 3. The lowest BCUT2D eigenvalue weighted by Gasteiger charge is -2.33. The monoisotopic (exact) mass is 320 g/mol. The maximum absolute atomic E-state index is 12.1. The molecule has 1 heterocycles. The molecule has 1 aliphatic heterocycles. The number of ether oxygens (including phenoxy) is 2. The summed E-state index contributed by atoms with van der Waals surface area (Å²) in [5.41, 5.74) is 0.383. The maximum atomic E-state index is 12.1. The van der Waals surface area contributed by atoms with Crippen molar-refractivity contribution in [1.29, 1.82) is 0 Å². The Labute approximate surface area is 136 Å². The quantitative estimate of drug-likeness (QED) is 0.862. The molecular formula is C17H24N2O4. The van der Waals surface area contributed by atoms with Crippen LogP contribution < -0.4 is 5.32 Å². The van der Waals surface area contributed by atoms with E-state index in [1.807, 2.05) is 51.1 Å². The average molecular weight is 320 g/mol. The van der Waals surface area contributed by atoms with Gasteiger partial charge in [-0.05, 0) is 26.3 Å². The summed E-state index contributed by atoms with van der Waals surface area (Å²) in [6, 6.07) is 8.97. The summed E-state index contributed by atoms with van der Waals surface area (Å²) in [5.74, 6) is -0.349. The van der Waals surface area contributed by atoms with Gasteiger partial charge in [-0.2, -0.15) is 0 Å². The van der Waals surface area contributed by atoms with Crippen LogP contribution in [-0.4, -0.2) is 48.2 Å². The molecule has 0 bridgehead atoms. The summed E-state index contributed by atoms with van der Waals surface area (Å²) in [7, 11) is 0. The van der Waals surface area contributed by atoms with Gasteiger partial charge in [0.25, 0.3) is 0 Å². The minimum Gasteiger partial charge on any atom is -0.459 e. The fourth-order valence-electron chi connectivity index (χ4n) is 2.26. The van der Waals surface area contributed by atoms with Crippen LogP contribution in [0.2, 0.25) is 0 Å². The molecule has 1 N–H and O–H groups in total. The van der Waals surface area contributed by atoms with E-state index in [9.17, 15) is 9.59 Å². The minimum atomic E-state index is -0.547. The molecular weight excluding hydrogens is 296 g/mol. The van der Waals surface area contributed by atoms with E-state index in [-0.39, 0.29) is 19.1 Å². The van der Waals surface area contributed by atoms with Crippen LogP contribution in [0.4, 0.5) is 4.79 Å². The van der Waals surface area contributed by atoms with Gasteiger partial charge >= 0.3 is 12.1 Å². The molecule has 1 saturated heterocycles. The first-order valence-corrected chi connectivity index (χ1v) is 7.77. The minimum absolute atomic E-state index is 0.223. The first kappa shape index (κ1) is 17.3. The van der Waals surface area contributed by atoms with E-state index in [0.717, 1.165) is 5.56 Å². The molecule has 1 fully saturated rings. The summed E-state index contributed by atoms with van der Waals surface area (Å²) in [5, 5.41) is 3.08. The normalized spacial score (nSPS) is 18.4. The lowest BCUT2D eigenvalue weighted by Crippen LogP contribution is -2.56. The van der Waals surface area contributed by atoms with Crippen LogP contribution in [-0.2, 0) is 20.9 Å². The van der Waals surface area contributed by atoms with E-state index in [4.69, 9.17) is 9.47 Å². The molecule has 6 nitrogen and oxygen atoms in total. The molecule has 0 spiro atoms. The lowest BCUT2D eigenvalue weighted by molar-refractivity contribution is -0.158. The molecule has 23 heavy (non-hydrogen) atoms. The zero-order chi connectivity index (χ0) is 16.9. The Kier molecular flexibility index (Phi) is 5.60. The van der Waals surface area contributed by atoms with Crippen molar-refractivity contribution in [3.63, 3.8) is 0 Å². The van der Waals surface area contributed by atoms with Gasteiger partial charge in [-0.1, -0.05) is 30.3 Å². The molecule has 0 aromatic heterocycles. The van der Waals surface area contributed by atoms with Gasteiger partial charge in [0.05, 0.1) is 6.54 Å². The van der Waals surface area contributed by atoms with Gasteiger partial charge in [-0.15, -0.1) is 0 Å². The maximum Gasteiger partial charge on any atom is 0.410 e. The topological polar surface area (TPSA) is 67.9 Å². The van der Waals surface area contributed by atoms with Crippen LogP contribution in [0.15, 0.2) is 30.3 Å². The van der Waals surface area contributed by atoms with Crippen molar-refractivity contribution in [2.75, 3.05) is 19.6 Å². The van der Waals surface area contributed by atoms with Crippen molar-refractivity contribution >= 4 is 12.1 Å². The van der Waals surface area contributed by atoms with Crippen molar-refractivity contribution < 1.29 is 19.1 Å². The summed E-state index contributed by atoms with van der Waals surface area (Å²) in [4.78, 5) is 25.8. The van der Waals surface area contributed by atoms with Crippen LogP contribution in [0.1, 0.15) is 26.3 Å².